The third-order valence-electron chi connectivity index (χ3n) is 5.14. The maximum atomic E-state index is 5.44. The molecule has 0 saturated carbocycles. The molecule has 3 atom stereocenters. The van der Waals surface area contributed by atoms with Crippen LogP contribution < -0.4 is 5.32 Å². The fourth-order valence-electron chi connectivity index (χ4n) is 3.80. The number of piperidine rings is 1. The van der Waals surface area contributed by atoms with E-state index in [1.165, 1.54) is 25.7 Å². The van der Waals surface area contributed by atoms with E-state index in [1.807, 2.05) is 7.05 Å². The average Bonchev–Trinajstić information content (AvgIpc) is 3.00. The van der Waals surface area contributed by atoms with E-state index in [0.29, 0.717) is 30.5 Å². The van der Waals surface area contributed by atoms with Crippen molar-refractivity contribution in [3.63, 3.8) is 0 Å². The lowest BCUT2D eigenvalue weighted by atomic mass is 9.90. The lowest BCUT2D eigenvalue weighted by Gasteiger charge is -2.34. The maximum Gasteiger partial charge on any atom is 0.228 e. The zero-order valence-corrected chi connectivity index (χ0v) is 13.2. The van der Waals surface area contributed by atoms with Gasteiger partial charge in [0.05, 0.1) is 6.61 Å². The third kappa shape index (κ3) is 3.12. The second-order valence-corrected chi connectivity index (χ2v) is 6.41. The molecule has 2 saturated heterocycles. The normalized spacial score (nSPS) is 30.7. The monoisotopic (exact) mass is 294 g/mol. The van der Waals surface area contributed by atoms with Gasteiger partial charge in [0.1, 0.15) is 0 Å². The van der Waals surface area contributed by atoms with Gasteiger partial charge in [-0.15, -0.1) is 0 Å². The van der Waals surface area contributed by atoms with Gasteiger partial charge in [0.25, 0.3) is 0 Å². The highest BCUT2D eigenvalue weighted by atomic mass is 16.5. The van der Waals surface area contributed by atoms with Gasteiger partial charge in [-0.3, -0.25) is 0 Å². The van der Waals surface area contributed by atoms with Crippen molar-refractivity contribution >= 4 is 0 Å². The van der Waals surface area contributed by atoms with E-state index >= 15 is 0 Å². The van der Waals surface area contributed by atoms with Gasteiger partial charge >= 0.3 is 0 Å². The van der Waals surface area contributed by atoms with Crippen LogP contribution in [0.2, 0.25) is 0 Å². The number of ether oxygens (including phenoxy) is 1. The number of rotatable bonds is 6. The zero-order chi connectivity index (χ0) is 14.8. The van der Waals surface area contributed by atoms with Gasteiger partial charge in [0.15, 0.2) is 5.82 Å². The highest BCUT2D eigenvalue weighted by Crippen LogP contribution is 2.41. The molecular weight excluding hydrogens is 268 g/mol. The van der Waals surface area contributed by atoms with E-state index < -0.39 is 0 Å². The molecule has 6 heteroatoms. The summed E-state index contributed by atoms with van der Waals surface area (Å²) in [5, 5.41) is 7.45. The number of hydrogen-bond donors (Lipinski definition) is 1. The van der Waals surface area contributed by atoms with Gasteiger partial charge in [-0.05, 0) is 39.8 Å². The van der Waals surface area contributed by atoms with Crippen molar-refractivity contribution < 1.29 is 9.26 Å². The Morgan fingerprint density at radius 2 is 2.10 bits per heavy atom. The molecule has 2 fully saturated rings. The van der Waals surface area contributed by atoms with Crippen molar-refractivity contribution in [2.75, 3.05) is 27.8 Å². The van der Waals surface area contributed by atoms with Crippen LogP contribution in [0.25, 0.3) is 0 Å². The Morgan fingerprint density at radius 3 is 2.71 bits per heavy atom. The van der Waals surface area contributed by atoms with Crippen molar-refractivity contribution in [1.82, 2.24) is 20.4 Å². The van der Waals surface area contributed by atoms with Gasteiger partial charge in [-0.2, -0.15) is 4.98 Å². The fourth-order valence-corrected chi connectivity index (χ4v) is 3.80. The molecule has 2 bridgehead atoms. The molecule has 6 nitrogen and oxygen atoms in total. The summed E-state index contributed by atoms with van der Waals surface area (Å²) in [6.07, 6.45) is 5.69. The van der Waals surface area contributed by atoms with Crippen LogP contribution in [-0.2, 0) is 11.2 Å². The molecule has 0 amide bonds. The van der Waals surface area contributed by atoms with Crippen LogP contribution in [0, 0.1) is 0 Å². The molecule has 21 heavy (non-hydrogen) atoms. The topological polar surface area (TPSA) is 63.4 Å². The van der Waals surface area contributed by atoms with Crippen LogP contribution in [0.3, 0.4) is 0 Å². The average molecular weight is 294 g/mol. The molecule has 1 aromatic rings. The van der Waals surface area contributed by atoms with Crippen LogP contribution in [0.4, 0.5) is 0 Å². The summed E-state index contributed by atoms with van der Waals surface area (Å²) in [5.41, 5.74) is 0. The summed E-state index contributed by atoms with van der Waals surface area (Å²) < 4.78 is 10.6. The molecule has 118 valence electrons. The Balaban J connectivity index is 1.63. The summed E-state index contributed by atoms with van der Waals surface area (Å²) in [6.45, 7) is 0.645. The minimum Gasteiger partial charge on any atom is -0.383 e. The molecular formula is C15H26N4O2. The quantitative estimate of drug-likeness (QED) is 0.850. The smallest absolute Gasteiger partial charge is 0.228 e. The van der Waals surface area contributed by atoms with Crippen LogP contribution in [-0.4, -0.2) is 61.0 Å². The summed E-state index contributed by atoms with van der Waals surface area (Å²) in [4.78, 5) is 7.17. The lowest BCUT2D eigenvalue weighted by molar-refractivity contribution is 0.157. The van der Waals surface area contributed by atoms with Gasteiger partial charge in [0.2, 0.25) is 5.89 Å². The van der Waals surface area contributed by atoms with Crippen molar-refractivity contribution in [2.24, 2.45) is 0 Å². The number of fused-ring (bicyclic) bond motifs is 2. The van der Waals surface area contributed by atoms with E-state index in [-0.39, 0.29) is 6.04 Å². The minimum atomic E-state index is 0.219. The molecule has 0 aromatic carbocycles. The van der Waals surface area contributed by atoms with Crippen LogP contribution in [0.5, 0.6) is 0 Å². The summed E-state index contributed by atoms with van der Waals surface area (Å²) >= 11 is 0. The molecule has 3 rings (SSSR count). The number of hydrogen-bond acceptors (Lipinski definition) is 6. The molecule has 3 unspecified atom stereocenters. The van der Waals surface area contributed by atoms with Gasteiger partial charge < -0.3 is 19.5 Å². The molecule has 3 heterocycles. The standard InChI is InChI=1S/C15H26N4O2/c1-16-11(9-20-3)8-14-17-15(18-21-14)10-6-12-4-5-13(7-10)19(12)2/h10-13,16H,4-9H2,1-3H3. The second kappa shape index (κ2) is 6.42. The highest BCUT2D eigenvalue weighted by Gasteiger charge is 2.40. The van der Waals surface area contributed by atoms with Gasteiger partial charge in [-0.25, -0.2) is 0 Å². The van der Waals surface area contributed by atoms with Crippen LogP contribution in [0.15, 0.2) is 4.52 Å². The van der Waals surface area contributed by atoms with Crippen LogP contribution >= 0.6 is 0 Å². The van der Waals surface area contributed by atoms with Gasteiger partial charge in [-0.1, -0.05) is 5.16 Å². The van der Waals surface area contributed by atoms with E-state index in [2.05, 4.69) is 27.4 Å². The number of nitrogens with zero attached hydrogens (tertiary/aromatic N) is 3. The number of aromatic nitrogens is 2. The van der Waals surface area contributed by atoms with E-state index in [1.54, 1.807) is 7.11 Å². The SMILES string of the molecule is CNC(COC)Cc1nc(C2CC3CCC(C2)N3C)no1. The Bertz CT molecular complexity index is 450. The van der Waals surface area contributed by atoms with E-state index in [0.717, 1.165) is 12.2 Å². The molecule has 0 radical (unpaired) electrons. The number of methoxy groups -OCH3 is 1. The number of likely N-dealkylation sites (N-methyl/N-ethyl adjacent to an activating group) is 1. The van der Waals surface area contributed by atoms with E-state index in [9.17, 15) is 0 Å². The largest absolute Gasteiger partial charge is 0.383 e. The first-order chi connectivity index (χ1) is 10.2. The summed E-state index contributed by atoms with van der Waals surface area (Å²) in [7, 11) is 5.88. The van der Waals surface area contributed by atoms with E-state index in [4.69, 9.17) is 9.26 Å². The van der Waals surface area contributed by atoms with Crippen molar-refractivity contribution in [3.8, 4) is 0 Å². The predicted octanol–water partition coefficient (Wildman–Crippen LogP) is 1.19. The third-order valence-corrected chi connectivity index (χ3v) is 5.14. The van der Waals surface area contributed by atoms with Crippen molar-refractivity contribution in [3.05, 3.63) is 11.7 Å². The second-order valence-electron chi connectivity index (χ2n) is 6.41. The van der Waals surface area contributed by atoms with Crippen LogP contribution in [0.1, 0.15) is 43.3 Å². The summed E-state index contributed by atoms with van der Waals surface area (Å²) in [6, 6.07) is 1.63. The van der Waals surface area contributed by atoms with Crippen molar-refractivity contribution in [1.29, 1.82) is 0 Å². The Morgan fingerprint density at radius 1 is 1.38 bits per heavy atom. The highest BCUT2D eigenvalue weighted by molar-refractivity contribution is 5.05. The van der Waals surface area contributed by atoms with Crippen molar-refractivity contribution in [2.45, 2.75) is 56.1 Å². The predicted molar refractivity (Wildman–Crippen MR) is 79.3 cm³/mol. The first-order valence-electron chi connectivity index (χ1n) is 7.91. The lowest BCUT2D eigenvalue weighted by Crippen LogP contribution is -2.39. The minimum absolute atomic E-state index is 0.219. The Hall–Kier alpha value is -0.980. The molecule has 2 aliphatic heterocycles. The summed E-state index contributed by atoms with van der Waals surface area (Å²) in [5.74, 6) is 2.08. The molecule has 0 spiro atoms. The molecule has 2 aliphatic rings. The Kier molecular flexibility index (Phi) is 4.57. The molecule has 1 N–H and O–H groups in total. The maximum absolute atomic E-state index is 5.44. The Labute approximate surface area is 126 Å². The molecule has 0 aliphatic carbocycles. The first-order valence-corrected chi connectivity index (χ1v) is 7.91. The zero-order valence-electron chi connectivity index (χ0n) is 13.2. The first kappa shape index (κ1) is 14.9. The van der Waals surface area contributed by atoms with Gasteiger partial charge in [0, 0.05) is 37.6 Å². The fraction of sp³-hybridized carbons (Fsp3) is 0.867. The molecule has 1 aromatic heterocycles. The number of nitrogens with one attached hydrogen (secondary N) is 1.